The first-order valence-electron chi connectivity index (χ1n) is 6.55. The highest BCUT2D eigenvalue weighted by atomic mass is 15.3. The van der Waals surface area contributed by atoms with Crippen LogP contribution in [0.2, 0.25) is 0 Å². The predicted molar refractivity (Wildman–Crippen MR) is 77.9 cm³/mol. The van der Waals surface area contributed by atoms with Crippen LogP contribution in [-0.4, -0.2) is 6.21 Å². The lowest BCUT2D eigenvalue weighted by Gasteiger charge is -2.09. The zero-order chi connectivity index (χ0) is 12.9. The van der Waals surface area contributed by atoms with Gasteiger partial charge in [-0.25, -0.2) is 0 Å². The van der Waals surface area contributed by atoms with Gasteiger partial charge >= 0.3 is 0 Å². The van der Waals surface area contributed by atoms with Crippen LogP contribution in [0.3, 0.4) is 0 Å². The third-order valence-corrected chi connectivity index (χ3v) is 3.37. The zero-order valence-corrected chi connectivity index (χ0v) is 10.8. The smallest absolute Gasteiger partial charge is 0.0586 e. The molecule has 0 saturated heterocycles. The van der Waals surface area contributed by atoms with Crippen molar-refractivity contribution in [3.63, 3.8) is 0 Å². The van der Waals surface area contributed by atoms with Crippen molar-refractivity contribution in [2.45, 2.75) is 19.6 Å². The van der Waals surface area contributed by atoms with Crippen LogP contribution < -0.4 is 10.7 Å². The Morgan fingerprint density at radius 1 is 0.737 bits per heavy atom. The molecule has 3 heteroatoms. The average molecular weight is 251 g/mol. The van der Waals surface area contributed by atoms with E-state index >= 15 is 0 Å². The van der Waals surface area contributed by atoms with Crippen LogP contribution >= 0.6 is 0 Å². The van der Waals surface area contributed by atoms with E-state index in [1.807, 2.05) is 18.3 Å². The fourth-order valence-electron chi connectivity index (χ4n) is 2.30. The van der Waals surface area contributed by atoms with Crippen LogP contribution in [0.15, 0.2) is 53.6 Å². The van der Waals surface area contributed by atoms with E-state index in [0.717, 1.165) is 19.6 Å². The van der Waals surface area contributed by atoms with Gasteiger partial charge in [0.25, 0.3) is 0 Å². The van der Waals surface area contributed by atoms with Crippen molar-refractivity contribution in [2.24, 2.45) is 5.10 Å². The van der Waals surface area contributed by atoms with Gasteiger partial charge in [-0.1, -0.05) is 48.5 Å². The van der Waals surface area contributed by atoms with E-state index in [0.29, 0.717) is 0 Å². The topological polar surface area (TPSA) is 36.4 Å². The summed E-state index contributed by atoms with van der Waals surface area (Å²) in [4.78, 5) is 0. The fraction of sp³-hybridized carbons (Fsp3) is 0.188. The van der Waals surface area contributed by atoms with Crippen LogP contribution in [0, 0.1) is 0 Å². The molecule has 0 radical (unpaired) electrons. The van der Waals surface area contributed by atoms with Gasteiger partial charge < -0.3 is 10.7 Å². The number of nitrogens with one attached hydrogen (secondary N) is 2. The number of hydrazone groups is 1. The molecule has 96 valence electrons. The molecular formula is C16H17N3. The van der Waals surface area contributed by atoms with Gasteiger partial charge in [0.2, 0.25) is 0 Å². The highest BCUT2D eigenvalue weighted by molar-refractivity contribution is 5.82. The van der Waals surface area contributed by atoms with E-state index in [4.69, 9.17) is 0 Å². The van der Waals surface area contributed by atoms with E-state index < -0.39 is 0 Å². The predicted octanol–water partition coefficient (Wildman–Crippen LogP) is 2.41. The maximum atomic E-state index is 3.94. The van der Waals surface area contributed by atoms with Crippen molar-refractivity contribution in [3.05, 3.63) is 70.8 Å². The molecular weight excluding hydrogens is 234 g/mol. The molecule has 0 aromatic heterocycles. The highest BCUT2D eigenvalue weighted by Crippen LogP contribution is 2.13. The van der Waals surface area contributed by atoms with Crippen LogP contribution in [0.4, 0.5) is 0 Å². The molecule has 2 aromatic carbocycles. The first kappa shape index (κ1) is 11.9. The van der Waals surface area contributed by atoms with Crippen molar-refractivity contribution in [1.82, 2.24) is 10.7 Å². The lowest BCUT2D eigenvalue weighted by atomic mass is 10.1. The summed E-state index contributed by atoms with van der Waals surface area (Å²) in [7, 11) is 0. The molecule has 0 aliphatic carbocycles. The molecule has 0 unspecified atom stereocenters. The Kier molecular flexibility index (Phi) is 3.56. The maximum Gasteiger partial charge on any atom is 0.0586 e. The number of benzene rings is 2. The molecule has 0 atom stereocenters. The van der Waals surface area contributed by atoms with E-state index in [1.54, 1.807) is 0 Å². The number of fused-ring (bicyclic) bond motifs is 2. The van der Waals surface area contributed by atoms with Gasteiger partial charge in [0.1, 0.15) is 0 Å². The summed E-state index contributed by atoms with van der Waals surface area (Å²) < 4.78 is 0. The summed E-state index contributed by atoms with van der Waals surface area (Å²) in [5.74, 6) is 0. The molecule has 2 N–H and O–H groups in total. The minimum Gasteiger partial charge on any atom is -0.309 e. The van der Waals surface area contributed by atoms with Crippen molar-refractivity contribution >= 4 is 6.21 Å². The van der Waals surface area contributed by atoms with Crippen molar-refractivity contribution < 1.29 is 0 Å². The molecule has 0 bridgehead atoms. The summed E-state index contributed by atoms with van der Waals surface area (Å²) in [6, 6.07) is 16.8. The largest absolute Gasteiger partial charge is 0.309 e. The summed E-state index contributed by atoms with van der Waals surface area (Å²) in [6.07, 6.45) is 1.85. The molecule has 4 rings (SSSR count). The average Bonchev–Trinajstić information content (AvgIpc) is 2.96. The molecule has 2 aliphatic rings. The van der Waals surface area contributed by atoms with E-state index in [2.05, 4.69) is 52.2 Å². The van der Waals surface area contributed by atoms with Gasteiger partial charge in [-0.3, -0.25) is 0 Å². The van der Waals surface area contributed by atoms with E-state index in [1.165, 1.54) is 22.3 Å². The van der Waals surface area contributed by atoms with Gasteiger partial charge in [0.05, 0.1) is 12.8 Å². The van der Waals surface area contributed by atoms with Crippen molar-refractivity contribution in [1.29, 1.82) is 0 Å². The van der Waals surface area contributed by atoms with Gasteiger partial charge in [0.15, 0.2) is 0 Å². The SMILES string of the molecule is C1=NNCc2ccccc21.c1ccc2c(c1)CNC2. The molecule has 2 aliphatic heterocycles. The lowest BCUT2D eigenvalue weighted by molar-refractivity contribution is 0.735. The van der Waals surface area contributed by atoms with E-state index in [9.17, 15) is 0 Å². The normalized spacial score (nSPS) is 14.7. The second-order valence-corrected chi connectivity index (χ2v) is 4.66. The van der Waals surface area contributed by atoms with Gasteiger partial charge in [-0.05, 0) is 22.3 Å². The highest BCUT2D eigenvalue weighted by Gasteiger charge is 2.06. The molecule has 3 nitrogen and oxygen atoms in total. The van der Waals surface area contributed by atoms with Gasteiger partial charge in [0, 0.05) is 13.1 Å². The number of hydrogen-bond acceptors (Lipinski definition) is 3. The molecule has 0 fully saturated rings. The van der Waals surface area contributed by atoms with Crippen LogP contribution in [0.1, 0.15) is 22.3 Å². The number of rotatable bonds is 0. The molecule has 0 amide bonds. The Bertz CT molecular complexity index is 567. The first-order valence-corrected chi connectivity index (χ1v) is 6.55. The minimum atomic E-state index is 0.854. The monoisotopic (exact) mass is 251 g/mol. The minimum absolute atomic E-state index is 0.854. The Labute approximate surface area is 113 Å². The van der Waals surface area contributed by atoms with Crippen molar-refractivity contribution in [3.8, 4) is 0 Å². The summed E-state index contributed by atoms with van der Waals surface area (Å²) in [5, 5.41) is 7.23. The van der Waals surface area contributed by atoms with Crippen molar-refractivity contribution in [2.75, 3.05) is 0 Å². The second kappa shape index (κ2) is 5.67. The number of nitrogens with zero attached hydrogens (tertiary/aromatic N) is 1. The third-order valence-electron chi connectivity index (χ3n) is 3.37. The Hall–Kier alpha value is -2.13. The Morgan fingerprint density at radius 2 is 1.37 bits per heavy atom. The molecule has 0 saturated carbocycles. The summed E-state index contributed by atoms with van der Waals surface area (Å²) >= 11 is 0. The maximum absolute atomic E-state index is 3.94. The van der Waals surface area contributed by atoms with Gasteiger partial charge in [-0.2, -0.15) is 5.10 Å². The molecule has 2 heterocycles. The standard InChI is InChI=1S/C8H8N2.C8H9N/c1-2-4-8-6-10-9-5-7(8)3-1;1-2-4-8-6-9-5-7(8)3-1/h1-5,10H,6H2;1-4,9H,5-6H2. The third kappa shape index (κ3) is 2.83. The Balaban J connectivity index is 0.000000117. The van der Waals surface area contributed by atoms with Gasteiger partial charge in [-0.15, -0.1) is 0 Å². The molecule has 19 heavy (non-hydrogen) atoms. The zero-order valence-electron chi connectivity index (χ0n) is 10.8. The quantitative estimate of drug-likeness (QED) is 0.754. The molecule has 0 spiro atoms. The van der Waals surface area contributed by atoms with Crippen LogP contribution in [0.5, 0.6) is 0 Å². The van der Waals surface area contributed by atoms with Crippen LogP contribution in [-0.2, 0) is 19.6 Å². The first-order chi connectivity index (χ1) is 9.43. The second-order valence-electron chi connectivity index (χ2n) is 4.66. The summed E-state index contributed by atoms with van der Waals surface area (Å²) in [6.45, 7) is 2.96. The fourth-order valence-corrected chi connectivity index (χ4v) is 2.30. The summed E-state index contributed by atoms with van der Waals surface area (Å²) in [5.41, 5.74) is 8.36. The van der Waals surface area contributed by atoms with Crippen LogP contribution in [0.25, 0.3) is 0 Å². The molecule has 2 aromatic rings. The lowest BCUT2D eigenvalue weighted by Crippen LogP contribution is -2.12. The number of hydrogen-bond donors (Lipinski definition) is 2. The van der Waals surface area contributed by atoms with E-state index in [-0.39, 0.29) is 0 Å². The Morgan fingerprint density at radius 3 is 2.05 bits per heavy atom.